The van der Waals surface area contributed by atoms with Gasteiger partial charge in [-0.3, -0.25) is 4.79 Å². The summed E-state index contributed by atoms with van der Waals surface area (Å²) in [5.41, 5.74) is 10.9. The number of nitrogens with two attached hydrogens (primary N) is 2. The van der Waals surface area contributed by atoms with Crippen molar-refractivity contribution in [2.75, 3.05) is 13.1 Å². The minimum Gasteiger partial charge on any atom is -0.355 e. The summed E-state index contributed by atoms with van der Waals surface area (Å²) < 4.78 is 0. The second-order valence-electron chi connectivity index (χ2n) is 2.63. The number of hydrogen-bond acceptors (Lipinski definition) is 3. The maximum absolute atomic E-state index is 10.4. The Morgan fingerprint density at radius 3 is 2.38 bits per heavy atom. The van der Waals surface area contributed by atoms with Gasteiger partial charge < -0.3 is 16.8 Å². The molecule has 0 aromatic heterocycles. The van der Waals surface area contributed by atoms with Crippen molar-refractivity contribution < 1.29 is 4.79 Å². The molecule has 0 fully saturated rings. The summed E-state index contributed by atoms with van der Waals surface area (Å²) in [5.74, 6) is -0.0341. The lowest BCUT2D eigenvalue weighted by atomic mass is 10.2. The molecule has 0 aliphatic rings. The topological polar surface area (TPSA) is 81.1 Å². The standard InChI is InChI=1S/C7H17N3O.C2H6/c1-6(11)10-5-7(9)3-2-4-8;1-2/h7H,2-5,8-9H2,1H3,(H,10,11);1-2H3. The molecule has 4 heteroatoms. The fraction of sp³-hybridized carbons (Fsp3) is 0.889. The largest absolute Gasteiger partial charge is 0.355 e. The van der Waals surface area contributed by atoms with Gasteiger partial charge in [0.15, 0.2) is 0 Å². The second kappa shape index (κ2) is 11.4. The lowest BCUT2D eigenvalue weighted by Crippen LogP contribution is -2.36. The zero-order valence-corrected chi connectivity index (χ0v) is 8.97. The van der Waals surface area contributed by atoms with E-state index in [9.17, 15) is 4.79 Å². The molecular formula is C9H23N3O. The third-order valence-electron chi connectivity index (χ3n) is 1.39. The van der Waals surface area contributed by atoms with Crippen LogP contribution >= 0.6 is 0 Å². The number of amides is 1. The summed E-state index contributed by atoms with van der Waals surface area (Å²) in [7, 11) is 0. The molecule has 0 saturated heterocycles. The molecule has 0 radical (unpaired) electrons. The zero-order valence-electron chi connectivity index (χ0n) is 8.97. The van der Waals surface area contributed by atoms with Gasteiger partial charge in [0, 0.05) is 19.5 Å². The van der Waals surface area contributed by atoms with E-state index >= 15 is 0 Å². The van der Waals surface area contributed by atoms with Gasteiger partial charge in [0.05, 0.1) is 0 Å². The fourth-order valence-corrected chi connectivity index (χ4v) is 0.757. The molecule has 13 heavy (non-hydrogen) atoms. The zero-order chi connectivity index (χ0) is 10.7. The van der Waals surface area contributed by atoms with Gasteiger partial charge in [0.25, 0.3) is 0 Å². The van der Waals surface area contributed by atoms with Gasteiger partial charge in [-0.05, 0) is 19.4 Å². The molecule has 0 aliphatic carbocycles. The molecule has 5 N–H and O–H groups in total. The fourth-order valence-electron chi connectivity index (χ4n) is 0.757. The first-order chi connectivity index (χ1) is 6.16. The van der Waals surface area contributed by atoms with E-state index in [4.69, 9.17) is 11.5 Å². The molecule has 0 aromatic rings. The average Bonchev–Trinajstić information content (AvgIpc) is 2.14. The van der Waals surface area contributed by atoms with Crippen LogP contribution in [0.2, 0.25) is 0 Å². The van der Waals surface area contributed by atoms with E-state index in [0.29, 0.717) is 13.1 Å². The lowest BCUT2D eigenvalue weighted by molar-refractivity contribution is -0.119. The summed E-state index contributed by atoms with van der Waals surface area (Å²) in [4.78, 5) is 10.4. The number of rotatable bonds is 5. The van der Waals surface area contributed by atoms with Crippen molar-refractivity contribution >= 4 is 5.91 Å². The van der Waals surface area contributed by atoms with E-state index in [1.165, 1.54) is 6.92 Å². The minimum atomic E-state index is -0.0341. The first-order valence-electron chi connectivity index (χ1n) is 4.87. The van der Waals surface area contributed by atoms with Crippen LogP contribution in [0, 0.1) is 0 Å². The molecular weight excluding hydrogens is 166 g/mol. The SMILES string of the molecule is CC.CC(=O)NCC(N)CCCN. The van der Waals surface area contributed by atoms with Crippen LogP contribution in [-0.2, 0) is 4.79 Å². The van der Waals surface area contributed by atoms with Gasteiger partial charge in [0.1, 0.15) is 0 Å². The molecule has 1 unspecified atom stereocenters. The first kappa shape index (κ1) is 14.9. The van der Waals surface area contributed by atoms with Crippen molar-refractivity contribution in [1.82, 2.24) is 5.32 Å². The van der Waals surface area contributed by atoms with E-state index in [1.807, 2.05) is 13.8 Å². The summed E-state index contributed by atoms with van der Waals surface area (Å²) in [6, 6.07) is 0.0439. The van der Waals surface area contributed by atoms with Crippen LogP contribution in [0.15, 0.2) is 0 Å². The highest BCUT2D eigenvalue weighted by Crippen LogP contribution is 1.90. The van der Waals surface area contributed by atoms with Gasteiger partial charge in [-0.25, -0.2) is 0 Å². The molecule has 0 bridgehead atoms. The normalized spacial score (nSPS) is 11.2. The maximum atomic E-state index is 10.4. The highest BCUT2D eigenvalue weighted by Gasteiger charge is 2.01. The predicted molar refractivity (Wildman–Crippen MR) is 56.3 cm³/mol. The Balaban J connectivity index is 0. The minimum absolute atomic E-state index is 0.0341. The second-order valence-corrected chi connectivity index (χ2v) is 2.63. The third-order valence-corrected chi connectivity index (χ3v) is 1.39. The van der Waals surface area contributed by atoms with E-state index < -0.39 is 0 Å². The summed E-state index contributed by atoms with van der Waals surface area (Å²) in [5, 5.41) is 2.65. The van der Waals surface area contributed by atoms with Crippen LogP contribution in [0.1, 0.15) is 33.6 Å². The van der Waals surface area contributed by atoms with Crippen LogP contribution in [0.3, 0.4) is 0 Å². The number of carbonyl (C=O) groups excluding carboxylic acids is 1. The summed E-state index contributed by atoms with van der Waals surface area (Å²) >= 11 is 0. The van der Waals surface area contributed by atoms with Crippen molar-refractivity contribution in [2.45, 2.75) is 39.7 Å². The molecule has 80 valence electrons. The predicted octanol–water partition coefficient (Wildman–Crippen LogP) is 0.215. The number of nitrogens with one attached hydrogen (secondary N) is 1. The lowest BCUT2D eigenvalue weighted by Gasteiger charge is -2.10. The van der Waals surface area contributed by atoms with Gasteiger partial charge >= 0.3 is 0 Å². The van der Waals surface area contributed by atoms with Crippen LogP contribution < -0.4 is 16.8 Å². The van der Waals surface area contributed by atoms with E-state index in [-0.39, 0.29) is 11.9 Å². The van der Waals surface area contributed by atoms with Crippen molar-refractivity contribution in [3.8, 4) is 0 Å². The molecule has 0 aliphatic heterocycles. The molecule has 0 spiro atoms. The van der Waals surface area contributed by atoms with E-state index in [0.717, 1.165) is 12.8 Å². The van der Waals surface area contributed by atoms with E-state index in [1.54, 1.807) is 0 Å². The van der Waals surface area contributed by atoms with E-state index in [2.05, 4.69) is 5.32 Å². The Labute approximate surface area is 81.1 Å². The van der Waals surface area contributed by atoms with Crippen LogP contribution in [0.25, 0.3) is 0 Å². The Morgan fingerprint density at radius 2 is 2.00 bits per heavy atom. The third kappa shape index (κ3) is 14.3. The highest BCUT2D eigenvalue weighted by atomic mass is 16.1. The molecule has 0 rings (SSSR count). The van der Waals surface area contributed by atoms with Crippen LogP contribution in [0.5, 0.6) is 0 Å². The maximum Gasteiger partial charge on any atom is 0.216 e. The molecule has 1 atom stereocenters. The van der Waals surface area contributed by atoms with Crippen molar-refractivity contribution in [2.24, 2.45) is 11.5 Å². The molecule has 1 amide bonds. The van der Waals surface area contributed by atoms with Crippen molar-refractivity contribution in [3.63, 3.8) is 0 Å². The monoisotopic (exact) mass is 189 g/mol. The molecule has 0 heterocycles. The number of hydrogen-bond donors (Lipinski definition) is 3. The van der Waals surface area contributed by atoms with Crippen LogP contribution in [-0.4, -0.2) is 25.0 Å². The summed E-state index contributed by atoms with van der Waals surface area (Å²) in [6.45, 7) is 6.69. The Morgan fingerprint density at radius 1 is 1.46 bits per heavy atom. The number of carbonyl (C=O) groups is 1. The van der Waals surface area contributed by atoms with Gasteiger partial charge in [-0.1, -0.05) is 13.8 Å². The Kier molecular flexibility index (Phi) is 13.0. The van der Waals surface area contributed by atoms with Crippen LogP contribution in [0.4, 0.5) is 0 Å². The molecule has 0 aromatic carbocycles. The van der Waals surface area contributed by atoms with Gasteiger partial charge in [-0.2, -0.15) is 0 Å². The highest BCUT2D eigenvalue weighted by molar-refractivity contribution is 5.72. The van der Waals surface area contributed by atoms with Gasteiger partial charge in [0.2, 0.25) is 5.91 Å². The van der Waals surface area contributed by atoms with Crippen molar-refractivity contribution in [3.05, 3.63) is 0 Å². The summed E-state index contributed by atoms with van der Waals surface area (Å²) in [6.07, 6.45) is 1.79. The average molecular weight is 189 g/mol. The Hall–Kier alpha value is -0.610. The van der Waals surface area contributed by atoms with Gasteiger partial charge in [-0.15, -0.1) is 0 Å². The Bertz CT molecular complexity index is 117. The van der Waals surface area contributed by atoms with Crippen molar-refractivity contribution in [1.29, 1.82) is 0 Å². The smallest absolute Gasteiger partial charge is 0.216 e. The molecule has 0 saturated carbocycles. The first-order valence-corrected chi connectivity index (χ1v) is 4.87. The molecule has 4 nitrogen and oxygen atoms in total. The quantitative estimate of drug-likeness (QED) is 0.578.